The van der Waals surface area contributed by atoms with Crippen LogP contribution < -0.4 is 0 Å². The molecule has 2 bridgehead atoms. The number of fused-ring (bicyclic) bond motifs is 2. The second-order valence-electron chi connectivity index (χ2n) is 6.71. The van der Waals surface area contributed by atoms with Gasteiger partial charge in [0.25, 0.3) is 0 Å². The Kier molecular flexibility index (Phi) is 2.07. The quantitative estimate of drug-likeness (QED) is 0.645. The van der Waals surface area contributed by atoms with Gasteiger partial charge in [0.1, 0.15) is 5.60 Å². The van der Waals surface area contributed by atoms with Crippen LogP contribution in [0, 0.1) is 10.8 Å². The molecule has 4 fully saturated rings. The molecule has 1 spiro atoms. The van der Waals surface area contributed by atoms with Crippen molar-refractivity contribution in [2.24, 2.45) is 10.8 Å². The summed E-state index contributed by atoms with van der Waals surface area (Å²) in [5, 5.41) is 10.3. The fraction of sp³-hybridized carbons (Fsp3) is 1.00. The summed E-state index contributed by atoms with van der Waals surface area (Å²) < 4.78 is 0. The molecule has 0 aromatic rings. The Hall–Kier alpha value is -0.120. The van der Waals surface area contributed by atoms with Crippen molar-refractivity contribution in [1.82, 2.24) is 0 Å². The summed E-state index contributed by atoms with van der Waals surface area (Å²) in [5.41, 5.74) is -0.325. The van der Waals surface area contributed by atoms with Crippen molar-refractivity contribution < 1.29 is 14.9 Å². The number of hydrogen-bond acceptors (Lipinski definition) is 3. The van der Waals surface area contributed by atoms with Gasteiger partial charge in [-0.05, 0) is 32.1 Å². The Labute approximate surface area is 97.1 Å². The molecule has 3 heteroatoms. The molecule has 2 heterocycles. The van der Waals surface area contributed by atoms with E-state index in [1.165, 1.54) is 0 Å². The highest BCUT2D eigenvalue weighted by Gasteiger charge is 2.68. The molecule has 0 radical (unpaired) electrons. The first-order valence-electron chi connectivity index (χ1n) is 6.44. The molecule has 3 nitrogen and oxygen atoms in total. The Morgan fingerprint density at radius 3 is 2.50 bits per heavy atom. The highest BCUT2D eigenvalue weighted by Crippen LogP contribution is 2.65. The van der Waals surface area contributed by atoms with Crippen LogP contribution in [0.5, 0.6) is 0 Å². The molecule has 2 aliphatic carbocycles. The first-order valence-corrected chi connectivity index (χ1v) is 6.44. The van der Waals surface area contributed by atoms with E-state index in [0.717, 1.165) is 32.1 Å². The van der Waals surface area contributed by atoms with Gasteiger partial charge in [0.05, 0.1) is 12.2 Å². The summed E-state index contributed by atoms with van der Waals surface area (Å²) in [6.45, 7) is 6.57. The summed E-state index contributed by atoms with van der Waals surface area (Å²) >= 11 is 0. The summed E-state index contributed by atoms with van der Waals surface area (Å²) in [6.07, 6.45) is 5.13. The van der Waals surface area contributed by atoms with Crippen molar-refractivity contribution in [3.63, 3.8) is 0 Å². The standard InChI is InChI=1S/C13H22O3/c1-11(2)10(14)5-6-12(3)8-9-4-7-13(11,12)16-15-9/h9-10,14H,4-8H2,1-3H3/t9-,10-,12+,13-/m0/s1. The Bertz CT molecular complexity index is 298. The van der Waals surface area contributed by atoms with Gasteiger partial charge in [0, 0.05) is 10.8 Å². The third kappa shape index (κ3) is 1.05. The lowest BCUT2D eigenvalue weighted by Gasteiger charge is -2.66. The number of aliphatic hydroxyl groups excluding tert-OH is 1. The van der Waals surface area contributed by atoms with Crippen molar-refractivity contribution in [2.45, 2.75) is 70.7 Å². The minimum absolute atomic E-state index is 0.177. The number of rotatable bonds is 0. The predicted molar refractivity (Wildman–Crippen MR) is 59.7 cm³/mol. The second-order valence-corrected chi connectivity index (χ2v) is 6.71. The third-order valence-electron chi connectivity index (χ3n) is 5.64. The van der Waals surface area contributed by atoms with Gasteiger partial charge in [-0.15, -0.1) is 0 Å². The van der Waals surface area contributed by atoms with Crippen molar-refractivity contribution in [2.75, 3.05) is 0 Å². The van der Waals surface area contributed by atoms with Crippen LogP contribution in [0.3, 0.4) is 0 Å². The van der Waals surface area contributed by atoms with Crippen LogP contribution in [-0.2, 0) is 9.78 Å². The summed E-state index contributed by atoms with van der Waals surface area (Å²) in [4.78, 5) is 11.3. The average molecular weight is 226 g/mol. The lowest BCUT2D eigenvalue weighted by Crippen LogP contribution is -2.70. The van der Waals surface area contributed by atoms with Gasteiger partial charge in [-0.1, -0.05) is 20.8 Å². The van der Waals surface area contributed by atoms with E-state index in [0.29, 0.717) is 0 Å². The molecule has 92 valence electrons. The molecule has 2 aliphatic heterocycles. The van der Waals surface area contributed by atoms with Crippen molar-refractivity contribution in [1.29, 1.82) is 0 Å². The van der Waals surface area contributed by atoms with Crippen molar-refractivity contribution in [3.8, 4) is 0 Å². The van der Waals surface area contributed by atoms with Gasteiger partial charge in [-0.2, -0.15) is 0 Å². The second kappa shape index (κ2) is 3.01. The Morgan fingerprint density at radius 2 is 1.88 bits per heavy atom. The molecular formula is C13H22O3. The zero-order chi connectivity index (χ0) is 11.6. The van der Waals surface area contributed by atoms with Crippen LogP contribution >= 0.6 is 0 Å². The molecule has 2 saturated carbocycles. The monoisotopic (exact) mass is 226 g/mol. The van der Waals surface area contributed by atoms with Crippen LogP contribution in [0.25, 0.3) is 0 Å². The maximum Gasteiger partial charge on any atom is 0.117 e. The molecule has 16 heavy (non-hydrogen) atoms. The number of aliphatic hydroxyl groups is 1. The van der Waals surface area contributed by atoms with Crippen LogP contribution in [0.2, 0.25) is 0 Å². The largest absolute Gasteiger partial charge is 0.392 e. The topological polar surface area (TPSA) is 38.7 Å². The minimum atomic E-state index is -0.285. The van der Waals surface area contributed by atoms with Crippen LogP contribution in [0.1, 0.15) is 52.9 Å². The maximum atomic E-state index is 10.3. The SMILES string of the molecule is CC1(C)[C@@H](O)CC[C@]2(C)C[C@@H]3CC[C@]12OO3. The predicted octanol–water partition coefficient (Wildman–Crippen LogP) is 2.43. The van der Waals surface area contributed by atoms with Crippen molar-refractivity contribution in [3.05, 3.63) is 0 Å². The molecule has 0 unspecified atom stereocenters. The van der Waals surface area contributed by atoms with E-state index in [4.69, 9.17) is 9.78 Å². The summed E-state index contributed by atoms with van der Waals surface area (Å²) in [7, 11) is 0. The van der Waals surface area contributed by atoms with E-state index in [1.807, 2.05) is 0 Å². The fourth-order valence-electron chi connectivity index (χ4n) is 4.41. The van der Waals surface area contributed by atoms with Gasteiger partial charge in [0.2, 0.25) is 0 Å². The van der Waals surface area contributed by atoms with E-state index in [-0.39, 0.29) is 28.6 Å². The molecule has 4 atom stereocenters. The summed E-state index contributed by atoms with van der Waals surface area (Å²) in [6, 6.07) is 0. The molecule has 2 saturated heterocycles. The van der Waals surface area contributed by atoms with Crippen LogP contribution in [-0.4, -0.2) is 22.9 Å². The van der Waals surface area contributed by atoms with E-state index >= 15 is 0 Å². The zero-order valence-corrected chi connectivity index (χ0v) is 10.5. The Balaban J connectivity index is 2.08. The average Bonchev–Trinajstić information content (AvgIpc) is 2.25. The molecule has 1 N–H and O–H groups in total. The van der Waals surface area contributed by atoms with Gasteiger partial charge >= 0.3 is 0 Å². The molecule has 0 aromatic heterocycles. The lowest BCUT2D eigenvalue weighted by molar-refractivity contribution is -0.496. The highest BCUT2D eigenvalue weighted by atomic mass is 17.2. The normalized spacial score (nSPS) is 54.8. The van der Waals surface area contributed by atoms with Gasteiger partial charge in [-0.25, -0.2) is 9.78 Å². The van der Waals surface area contributed by atoms with Gasteiger partial charge in [0.15, 0.2) is 0 Å². The van der Waals surface area contributed by atoms with E-state index < -0.39 is 0 Å². The first-order chi connectivity index (χ1) is 7.41. The minimum Gasteiger partial charge on any atom is -0.392 e. The van der Waals surface area contributed by atoms with E-state index in [1.54, 1.807) is 0 Å². The van der Waals surface area contributed by atoms with E-state index in [2.05, 4.69) is 20.8 Å². The van der Waals surface area contributed by atoms with Crippen LogP contribution in [0.4, 0.5) is 0 Å². The molecule has 0 amide bonds. The van der Waals surface area contributed by atoms with E-state index in [9.17, 15) is 5.11 Å². The first kappa shape index (κ1) is 11.0. The number of hydrogen-bond donors (Lipinski definition) is 1. The third-order valence-corrected chi connectivity index (χ3v) is 5.64. The molecule has 4 rings (SSSR count). The van der Waals surface area contributed by atoms with Crippen LogP contribution in [0.15, 0.2) is 0 Å². The molecule has 4 aliphatic rings. The highest BCUT2D eigenvalue weighted by molar-refractivity contribution is 5.15. The Morgan fingerprint density at radius 1 is 1.12 bits per heavy atom. The lowest BCUT2D eigenvalue weighted by atomic mass is 9.47. The fourth-order valence-corrected chi connectivity index (χ4v) is 4.41. The maximum absolute atomic E-state index is 10.3. The van der Waals surface area contributed by atoms with Gasteiger partial charge < -0.3 is 5.11 Å². The van der Waals surface area contributed by atoms with Gasteiger partial charge in [-0.3, -0.25) is 0 Å². The van der Waals surface area contributed by atoms with Crippen molar-refractivity contribution >= 4 is 0 Å². The summed E-state index contributed by atoms with van der Waals surface area (Å²) in [5.74, 6) is 0. The smallest absolute Gasteiger partial charge is 0.117 e. The molecule has 0 aromatic carbocycles. The molecular weight excluding hydrogens is 204 g/mol. The zero-order valence-electron chi connectivity index (χ0n) is 10.5.